The molecule has 0 unspecified atom stereocenters. The molecule has 0 aliphatic heterocycles. The maximum absolute atomic E-state index is 12.1. The number of nitrogens with zero attached hydrogens (tertiary/aromatic N) is 1. The van der Waals surface area contributed by atoms with Gasteiger partial charge in [0.05, 0.1) is 0 Å². The van der Waals surface area contributed by atoms with Crippen molar-refractivity contribution in [2.24, 2.45) is 0 Å². The zero-order valence-electron chi connectivity index (χ0n) is 13.5. The first kappa shape index (κ1) is 17.3. The van der Waals surface area contributed by atoms with Crippen molar-refractivity contribution in [3.63, 3.8) is 0 Å². The number of hydrogen-bond donors (Lipinski definition) is 1. The third kappa shape index (κ3) is 4.32. The summed E-state index contributed by atoms with van der Waals surface area (Å²) in [6, 6.07) is 9.48. The van der Waals surface area contributed by atoms with Gasteiger partial charge in [-0.25, -0.2) is 9.78 Å². The molecule has 2 heterocycles. The highest BCUT2D eigenvalue weighted by atomic mass is 32.1. The van der Waals surface area contributed by atoms with Gasteiger partial charge in [0.25, 0.3) is 5.91 Å². The molecule has 25 heavy (non-hydrogen) atoms. The average Bonchev–Trinajstić information content (AvgIpc) is 3.31. The van der Waals surface area contributed by atoms with E-state index >= 15 is 0 Å². The summed E-state index contributed by atoms with van der Waals surface area (Å²) in [4.78, 5) is 28.3. The number of carbonyl (C=O) groups excluding carboxylic acids is 2. The highest BCUT2D eigenvalue weighted by Gasteiger charge is 2.15. The van der Waals surface area contributed by atoms with Gasteiger partial charge in [-0.3, -0.25) is 4.79 Å². The smallest absolute Gasteiger partial charge is 0.358 e. The molecular formula is C18H16N2O3S2. The van der Waals surface area contributed by atoms with Crippen LogP contribution in [0, 0.1) is 0 Å². The molecule has 0 atom stereocenters. The molecule has 1 N–H and O–H groups in total. The van der Waals surface area contributed by atoms with Crippen molar-refractivity contribution in [3.05, 3.63) is 57.7 Å². The monoisotopic (exact) mass is 372 g/mol. The molecule has 1 amide bonds. The van der Waals surface area contributed by atoms with Gasteiger partial charge in [-0.05, 0) is 29.5 Å². The van der Waals surface area contributed by atoms with Crippen LogP contribution in [-0.4, -0.2) is 23.5 Å². The number of esters is 1. The van der Waals surface area contributed by atoms with E-state index in [4.69, 9.17) is 4.74 Å². The number of thiazole rings is 1. The number of para-hydroxylation sites is 1. The van der Waals surface area contributed by atoms with E-state index in [0.29, 0.717) is 0 Å². The Morgan fingerprint density at radius 2 is 2.04 bits per heavy atom. The van der Waals surface area contributed by atoms with Crippen molar-refractivity contribution in [2.45, 2.75) is 13.3 Å². The molecule has 0 radical (unpaired) electrons. The number of aryl methyl sites for hydroxylation is 1. The number of carbonyl (C=O) groups is 2. The molecule has 0 fully saturated rings. The van der Waals surface area contributed by atoms with Gasteiger partial charge in [-0.1, -0.05) is 25.1 Å². The van der Waals surface area contributed by atoms with E-state index in [9.17, 15) is 9.59 Å². The maximum Gasteiger partial charge on any atom is 0.358 e. The summed E-state index contributed by atoms with van der Waals surface area (Å²) in [6.07, 6.45) is 0.806. The van der Waals surface area contributed by atoms with Gasteiger partial charge in [0.1, 0.15) is 5.01 Å². The molecule has 0 saturated carbocycles. The number of rotatable bonds is 6. The van der Waals surface area contributed by atoms with E-state index in [0.717, 1.165) is 28.2 Å². The van der Waals surface area contributed by atoms with Crippen LogP contribution in [0.2, 0.25) is 0 Å². The van der Waals surface area contributed by atoms with E-state index in [2.05, 4.69) is 10.3 Å². The molecule has 0 aliphatic carbocycles. The highest BCUT2D eigenvalue weighted by Crippen LogP contribution is 2.25. The number of hydrogen-bond acceptors (Lipinski definition) is 6. The minimum Gasteiger partial charge on any atom is -0.451 e. The van der Waals surface area contributed by atoms with Crippen LogP contribution in [-0.2, 0) is 16.0 Å². The van der Waals surface area contributed by atoms with Crippen LogP contribution in [0.25, 0.3) is 10.6 Å². The van der Waals surface area contributed by atoms with Crippen LogP contribution in [0.15, 0.2) is 46.5 Å². The summed E-state index contributed by atoms with van der Waals surface area (Å²) < 4.78 is 5.06. The maximum atomic E-state index is 12.1. The Morgan fingerprint density at radius 3 is 2.80 bits per heavy atom. The summed E-state index contributed by atoms with van der Waals surface area (Å²) in [6.45, 7) is 1.67. The summed E-state index contributed by atoms with van der Waals surface area (Å²) in [7, 11) is 0. The Labute approximate surface area is 153 Å². The normalized spacial score (nSPS) is 10.4. The van der Waals surface area contributed by atoms with Crippen LogP contribution in [0.4, 0.5) is 5.69 Å². The number of aromatic nitrogens is 1. The van der Waals surface area contributed by atoms with Crippen LogP contribution >= 0.6 is 22.7 Å². The second-order valence-electron chi connectivity index (χ2n) is 5.18. The molecule has 0 bridgehead atoms. The van der Waals surface area contributed by atoms with E-state index in [1.54, 1.807) is 16.7 Å². The zero-order valence-corrected chi connectivity index (χ0v) is 15.2. The van der Waals surface area contributed by atoms with Gasteiger partial charge in [0, 0.05) is 22.0 Å². The number of ether oxygens (including phenoxy) is 1. The number of benzene rings is 1. The molecular weight excluding hydrogens is 356 g/mol. The topological polar surface area (TPSA) is 68.3 Å². The standard InChI is InChI=1S/C18H16N2O3S2/c1-2-12-5-3-4-6-14(12)19-16(21)9-23-18(22)15-11-25-17(20-15)13-7-8-24-10-13/h3-8,10-11H,2,9H2,1H3,(H,19,21). The van der Waals surface area contributed by atoms with Crippen molar-refractivity contribution >= 4 is 40.2 Å². The molecule has 0 saturated heterocycles. The van der Waals surface area contributed by atoms with Gasteiger partial charge >= 0.3 is 5.97 Å². The fourth-order valence-corrected chi connectivity index (χ4v) is 3.73. The fourth-order valence-electron chi connectivity index (χ4n) is 2.23. The third-order valence-corrected chi connectivity index (χ3v) is 5.06. The molecule has 3 aromatic rings. The van der Waals surface area contributed by atoms with E-state index < -0.39 is 5.97 Å². The largest absolute Gasteiger partial charge is 0.451 e. The van der Waals surface area contributed by atoms with Gasteiger partial charge in [-0.2, -0.15) is 11.3 Å². The van der Waals surface area contributed by atoms with E-state index in [1.165, 1.54) is 11.3 Å². The van der Waals surface area contributed by atoms with Gasteiger partial charge < -0.3 is 10.1 Å². The highest BCUT2D eigenvalue weighted by molar-refractivity contribution is 7.14. The Kier molecular flexibility index (Phi) is 5.57. The molecule has 7 heteroatoms. The molecule has 3 rings (SSSR count). The molecule has 128 valence electrons. The van der Waals surface area contributed by atoms with Crippen LogP contribution < -0.4 is 5.32 Å². The second kappa shape index (κ2) is 8.04. The summed E-state index contributed by atoms with van der Waals surface area (Å²) >= 11 is 2.94. The number of amides is 1. The number of nitrogens with one attached hydrogen (secondary N) is 1. The zero-order chi connectivity index (χ0) is 17.6. The SMILES string of the molecule is CCc1ccccc1NC(=O)COC(=O)c1csc(-c2ccsc2)n1. The Bertz CT molecular complexity index is 872. The lowest BCUT2D eigenvalue weighted by Crippen LogP contribution is -2.21. The lowest BCUT2D eigenvalue weighted by atomic mass is 10.1. The predicted octanol–water partition coefficient (Wildman–Crippen LogP) is 4.23. The lowest BCUT2D eigenvalue weighted by molar-refractivity contribution is -0.119. The Morgan fingerprint density at radius 1 is 1.20 bits per heavy atom. The molecule has 2 aromatic heterocycles. The minimum absolute atomic E-state index is 0.216. The van der Waals surface area contributed by atoms with Crippen molar-refractivity contribution in [2.75, 3.05) is 11.9 Å². The van der Waals surface area contributed by atoms with Crippen molar-refractivity contribution in [1.82, 2.24) is 4.98 Å². The fraction of sp³-hybridized carbons (Fsp3) is 0.167. The summed E-state index contributed by atoms with van der Waals surface area (Å²) in [5, 5.41) is 9.08. The van der Waals surface area contributed by atoms with Crippen molar-refractivity contribution in [3.8, 4) is 10.6 Å². The summed E-state index contributed by atoms with van der Waals surface area (Å²) in [5.41, 5.74) is 2.96. The number of anilines is 1. The second-order valence-corrected chi connectivity index (χ2v) is 6.82. The first-order chi connectivity index (χ1) is 12.2. The van der Waals surface area contributed by atoms with E-state index in [1.807, 2.05) is 48.0 Å². The predicted molar refractivity (Wildman–Crippen MR) is 100 cm³/mol. The Hall–Kier alpha value is -2.51. The molecule has 1 aromatic carbocycles. The van der Waals surface area contributed by atoms with Gasteiger partial charge in [0.15, 0.2) is 12.3 Å². The first-order valence-electron chi connectivity index (χ1n) is 7.70. The first-order valence-corrected chi connectivity index (χ1v) is 9.52. The van der Waals surface area contributed by atoms with Crippen LogP contribution in [0.3, 0.4) is 0 Å². The summed E-state index contributed by atoms with van der Waals surface area (Å²) in [5.74, 6) is -0.973. The lowest BCUT2D eigenvalue weighted by Gasteiger charge is -2.09. The molecule has 0 aliphatic rings. The van der Waals surface area contributed by atoms with Gasteiger partial charge in [0.2, 0.25) is 0 Å². The molecule has 5 nitrogen and oxygen atoms in total. The quantitative estimate of drug-likeness (QED) is 0.658. The molecule has 0 spiro atoms. The minimum atomic E-state index is -0.600. The van der Waals surface area contributed by atoms with E-state index in [-0.39, 0.29) is 18.2 Å². The van der Waals surface area contributed by atoms with Crippen molar-refractivity contribution in [1.29, 1.82) is 0 Å². The average molecular weight is 372 g/mol. The van der Waals surface area contributed by atoms with Crippen LogP contribution in [0.1, 0.15) is 23.0 Å². The third-order valence-electron chi connectivity index (χ3n) is 3.49. The van der Waals surface area contributed by atoms with Gasteiger partial charge in [-0.15, -0.1) is 11.3 Å². The van der Waals surface area contributed by atoms with Crippen LogP contribution in [0.5, 0.6) is 0 Å². The number of thiophene rings is 1. The van der Waals surface area contributed by atoms with Crippen molar-refractivity contribution < 1.29 is 14.3 Å². The Balaban J connectivity index is 1.56.